The maximum Gasteiger partial charge on any atom is 0.315 e. The predicted octanol–water partition coefficient (Wildman–Crippen LogP) is -0.602. The van der Waals surface area contributed by atoms with Crippen LogP contribution in [0.15, 0.2) is 16.9 Å². The molecule has 0 fully saturated rings. The second kappa shape index (κ2) is 4.35. The molecule has 78 valence electrons. The molecule has 0 aromatic carbocycles. The highest BCUT2D eigenvalue weighted by Gasteiger charge is 2.22. The van der Waals surface area contributed by atoms with Gasteiger partial charge in [-0.1, -0.05) is 0 Å². The van der Waals surface area contributed by atoms with Crippen molar-refractivity contribution in [3.63, 3.8) is 0 Å². The van der Waals surface area contributed by atoms with Crippen LogP contribution in [-0.2, 0) is 4.79 Å². The van der Waals surface area contributed by atoms with Crippen LogP contribution in [0.2, 0.25) is 0 Å². The summed E-state index contributed by atoms with van der Waals surface area (Å²) >= 11 is 0. The number of hydrogen-bond acceptors (Lipinski definition) is 5. The molecule has 1 amide bonds. The average molecular weight is 200 g/mol. The van der Waals surface area contributed by atoms with Gasteiger partial charge in [-0.25, -0.2) is 0 Å². The molecule has 0 heterocycles. The lowest BCUT2D eigenvalue weighted by molar-refractivity contribution is -0.426. The third-order valence-electron chi connectivity index (χ3n) is 1.46. The monoisotopic (exact) mass is 200 g/mol. The molecular weight excluding hydrogens is 188 g/mol. The molecule has 7 nitrogen and oxygen atoms in total. The summed E-state index contributed by atoms with van der Waals surface area (Å²) < 4.78 is 0. The van der Waals surface area contributed by atoms with Crippen LogP contribution in [-0.4, -0.2) is 22.6 Å². The molecule has 0 aromatic rings. The van der Waals surface area contributed by atoms with Gasteiger partial charge in [0.2, 0.25) is 5.91 Å². The van der Waals surface area contributed by atoms with E-state index in [1.54, 1.807) is 0 Å². The van der Waals surface area contributed by atoms with Gasteiger partial charge in [-0.15, -0.1) is 0 Å². The Hall–Kier alpha value is -1.92. The van der Waals surface area contributed by atoms with Crippen LogP contribution in [0.4, 0.5) is 0 Å². The third kappa shape index (κ3) is 3.65. The molecule has 0 atom stereocenters. The Morgan fingerprint density at radius 3 is 2.36 bits per heavy atom. The molecule has 14 heavy (non-hydrogen) atoms. The summed E-state index contributed by atoms with van der Waals surface area (Å²) in [6, 6.07) is 0. The average Bonchev–Trinajstić information content (AvgIpc) is 2.03. The molecule has 0 aliphatic heterocycles. The van der Waals surface area contributed by atoms with Crippen molar-refractivity contribution in [1.29, 1.82) is 0 Å². The summed E-state index contributed by atoms with van der Waals surface area (Å²) in [5, 5.41) is 10.0. The zero-order chi connectivity index (χ0) is 11.4. The van der Waals surface area contributed by atoms with Crippen molar-refractivity contribution in [2.45, 2.75) is 19.4 Å². The van der Waals surface area contributed by atoms with Gasteiger partial charge in [0.25, 0.3) is 0 Å². The van der Waals surface area contributed by atoms with Crippen LogP contribution in [0, 0.1) is 10.1 Å². The van der Waals surface area contributed by atoms with E-state index in [1.165, 1.54) is 13.8 Å². The number of nitrogens with zero attached hydrogens (tertiary/aromatic N) is 2. The van der Waals surface area contributed by atoms with Crippen LogP contribution in [0.1, 0.15) is 13.8 Å². The maximum atomic E-state index is 10.8. The normalized spacial score (nSPS) is 13.1. The van der Waals surface area contributed by atoms with Crippen LogP contribution >= 0.6 is 0 Å². The molecule has 0 aliphatic rings. The van der Waals surface area contributed by atoms with Gasteiger partial charge in [-0.2, -0.15) is 0 Å². The Labute approximate surface area is 80.6 Å². The number of hydrogen-bond donors (Lipinski definition) is 2. The maximum absolute atomic E-state index is 10.8. The topological polar surface area (TPSA) is 125 Å². The van der Waals surface area contributed by atoms with Gasteiger partial charge in [0.1, 0.15) is 5.54 Å². The van der Waals surface area contributed by atoms with Crippen molar-refractivity contribution in [3.8, 4) is 0 Å². The molecule has 7 heteroatoms. The van der Waals surface area contributed by atoms with Crippen LogP contribution in [0.25, 0.3) is 0 Å². The molecule has 0 unspecified atom stereocenters. The number of nitro groups is 1. The zero-order valence-corrected chi connectivity index (χ0v) is 7.93. The fourth-order valence-electron chi connectivity index (χ4n) is 0.424. The minimum atomic E-state index is -1.09. The van der Waals surface area contributed by atoms with Gasteiger partial charge in [0, 0.05) is 12.3 Å². The van der Waals surface area contributed by atoms with E-state index < -0.39 is 22.2 Å². The van der Waals surface area contributed by atoms with Gasteiger partial charge >= 0.3 is 5.82 Å². The number of carbonyl (C=O) groups is 1. The highest BCUT2D eigenvalue weighted by molar-refractivity contribution is 5.86. The first-order chi connectivity index (χ1) is 6.27. The van der Waals surface area contributed by atoms with Crippen LogP contribution < -0.4 is 11.5 Å². The van der Waals surface area contributed by atoms with E-state index in [9.17, 15) is 14.9 Å². The Bertz CT molecular complexity index is 306. The van der Waals surface area contributed by atoms with E-state index >= 15 is 0 Å². The second-order valence-electron chi connectivity index (χ2n) is 3.05. The number of allylic oxidation sites excluding steroid dienone is 1. The first kappa shape index (κ1) is 12.1. The fraction of sp³-hybridized carbons (Fsp3) is 0.429. The molecule has 0 bridgehead atoms. The van der Waals surface area contributed by atoms with Crippen molar-refractivity contribution in [2.24, 2.45) is 16.5 Å². The lowest BCUT2D eigenvalue weighted by Gasteiger charge is -2.13. The largest absolute Gasteiger partial charge is 0.368 e. The number of amides is 1. The minimum Gasteiger partial charge on any atom is -0.368 e. The van der Waals surface area contributed by atoms with Gasteiger partial charge in [-0.05, 0) is 18.8 Å². The summed E-state index contributed by atoms with van der Waals surface area (Å²) in [4.78, 5) is 23.8. The Morgan fingerprint density at radius 1 is 1.50 bits per heavy atom. The number of aliphatic imine (C=N–C) groups is 1. The lowest BCUT2D eigenvalue weighted by Crippen LogP contribution is -2.36. The Kier molecular flexibility index (Phi) is 3.76. The molecule has 0 aromatic heterocycles. The smallest absolute Gasteiger partial charge is 0.315 e. The predicted molar refractivity (Wildman–Crippen MR) is 51.0 cm³/mol. The van der Waals surface area contributed by atoms with Gasteiger partial charge in [-0.3, -0.25) is 15.5 Å². The van der Waals surface area contributed by atoms with Gasteiger partial charge in [0.15, 0.2) is 0 Å². The standard InChI is InChI=1S/C7H12N4O3/c1-7(2,6(9)12)10-4-3-5(8)11(13)14/h3-4H,8H2,1-2H3,(H2,9,12)/b5-3+,10-4?. The highest BCUT2D eigenvalue weighted by Crippen LogP contribution is 2.06. The first-order valence-electron chi connectivity index (χ1n) is 3.72. The number of nitrogens with two attached hydrogens (primary N) is 2. The van der Waals surface area contributed by atoms with Crippen molar-refractivity contribution in [1.82, 2.24) is 0 Å². The molecule has 0 spiro atoms. The zero-order valence-electron chi connectivity index (χ0n) is 7.93. The molecule has 0 aliphatic carbocycles. The molecule has 0 radical (unpaired) electrons. The fourth-order valence-corrected chi connectivity index (χ4v) is 0.424. The quantitative estimate of drug-likeness (QED) is 0.357. The van der Waals surface area contributed by atoms with Gasteiger partial charge < -0.3 is 15.8 Å². The summed E-state index contributed by atoms with van der Waals surface area (Å²) in [6.45, 7) is 2.98. The highest BCUT2D eigenvalue weighted by atomic mass is 16.6. The van der Waals surface area contributed by atoms with Crippen molar-refractivity contribution in [3.05, 3.63) is 22.0 Å². The lowest BCUT2D eigenvalue weighted by atomic mass is 10.1. The van der Waals surface area contributed by atoms with Crippen LogP contribution in [0.5, 0.6) is 0 Å². The van der Waals surface area contributed by atoms with E-state index in [0.717, 1.165) is 12.3 Å². The summed E-state index contributed by atoms with van der Waals surface area (Å²) in [6.07, 6.45) is 2.08. The summed E-state index contributed by atoms with van der Waals surface area (Å²) in [7, 11) is 0. The SMILES string of the molecule is CC(C)(N=C/C=C(\N)[N+](=O)[O-])C(N)=O. The number of rotatable bonds is 4. The van der Waals surface area contributed by atoms with E-state index in [2.05, 4.69) is 4.99 Å². The van der Waals surface area contributed by atoms with Crippen molar-refractivity contribution in [2.75, 3.05) is 0 Å². The molecule has 0 saturated heterocycles. The van der Waals surface area contributed by atoms with Gasteiger partial charge in [0.05, 0.1) is 0 Å². The van der Waals surface area contributed by atoms with E-state index in [-0.39, 0.29) is 0 Å². The third-order valence-corrected chi connectivity index (χ3v) is 1.46. The summed E-state index contributed by atoms with van der Waals surface area (Å²) in [5.74, 6) is -1.17. The van der Waals surface area contributed by atoms with E-state index in [1.807, 2.05) is 0 Å². The number of primary amides is 1. The molecular formula is C7H12N4O3. The minimum absolute atomic E-state index is 0.547. The summed E-state index contributed by atoms with van der Waals surface area (Å²) in [5.41, 5.74) is 8.90. The van der Waals surface area contributed by atoms with E-state index in [0.29, 0.717) is 0 Å². The number of carbonyl (C=O) groups excluding carboxylic acids is 1. The molecule has 0 rings (SSSR count). The first-order valence-corrected chi connectivity index (χ1v) is 3.72. The Morgan fingerprint density at radius 2 is 2.00 bits per heavy atom. The molecule has 0 saturated carbocycles. The van der Waals surface area contributed by atoms with Crippen LogP contribution in [0.3, 0.4) is 0 Å². The molecule has 4 N–H and O–H groups in total. The Balaban J connectivity index is 4.55. The second-order valence-corrected chi connectivity index (χ2v) is 3.05. The van der Waals surface area contributed by atoms with E-state index in [4.69, 9.17) is 11.5 Å². The van der Waals surface area contributed by atoms with Crippen molar-refractivity contribution >= 4 is 12.1 Å². The van der Waals surface area contributed by atoms with Crippen molar-refractivity contribution < 1.29 is 9.72 Å².